The van der Waals surface area contributed by atoms with E-state index in [4.69, 9.17) is 4.84 Å². The molecule has 0 amide bonds. The van der Waals surface area contributed by atoms with Crippen LogP contribution in [0.1, 0.15) is 55.7 Å². The normalized spacial score (nSPS) is 32.4. The average molecular weight is 488 g/mol. The fourth-order valence-corrected chi connectivity index (χ4v) is 8.35. The maximum Gasteiger partial charge on any atom is 0.129 e. The highest BCUT2D eigenvalue weighted by atomic mass is 19.1. The molecule has 188 valence electrons. The van der Waals surface area contributed by atoms with Crippen molar-refractivity contribution in [1.29, 1.82) is 0 Å². The Morgan fingerprint density at radius 2 is 1.89 bits per heavy atom. The monoisotopic (exact) mass is 487 g/mol. The summed E-state index contributed by atoms with van der Waals surface area (Å²) >= 11 is 0. The summed E-state index contributed by atoms with van der Waals surface area (Å²) in [5, 5.41) is 11.8. The Morgan fingerprint density at radius 3 is 2.69 bits per heavy atom. The minimum atomic E-state index is -0.462. The first-order valence-corrected chi connectivity index (χ1v) is 13.5. The van der Waals surface area contributed by atoms with E-state index in [1.165, 1.54) is 24.5 Å². The Hall–Kier alpha value is -2.54. The molecule has 2 aromatic carbocycles. The molecule has 0 saturated heterocycles. The maximum absolute atomic E-state index is 15.0. The van der Waals surface area contributed by atoms with E-state index in [0.717, 1.165) is 36.9 Å². The number of hydrogen-bond donors (Lipinski definition) is 2. The predicted octanol–water partition coefficient (Wildman–Crippen LogP) is 5.30. The minimum Gasteiger partial charge on any atom is -0.392 e. The largest absolute Gasteiger partial charge is 0.392 e. The van der Waals surface area contributed by atoms with Gasteiger partial charge in [-0.05, 0) is 79.7 Å². The SMILES string of the molecule is OC(CC1c2c(F)cccc2-c2cncn21)C12CC3CC(C1)C(NOCCc1ccccc1)C(C3)C2. The molecule has 6 heteroatoms. The molecule has 1 aromatic heterocycles. The van der Waals surface area contributed by atoms with Gasteiger partial charge >= 0.3 is 0 Å². The van der Waals surface area contributed by atoms with E-state index < -0.39 is 6.10 Å². The highest BCUT2D eigenvalue weighted by Crippen LogP contribution is 2.62. The quantitative estimate of drug-likeness (QED) is 0.334. The van der Waals surface area contributed by atoms with Gasteiger partial charge in [0, 0.05) is 17.2 Å². The second-order valence-corrected chi connectivity index (χ2v) is 11.7. The van der Waals surface area contributed by atoms with Gasteiger partial charge in [0.15, 0.2) is 0 Å². The standard InChI is InChI=1S/C30H34FN3O2/c31-24-8-4-7-23-26-17-32-18-34(26)25(28(23)24)13-27(35)30-14-20-11-21(15-30)29(22(12-20)16-30)33-36-10-9-19-5-2-1-3-6-19/h1-8,17-18,20-22,25,27,29,33,35H,9-16H2. The number of hydrogen-bond acceptors (Lipinski definition) is 4. The van der Waals surface area contributed by atoms with E-state index in [9.17, 15) is 9.50 Å². The summed E-state index contributed by atoms with van der Waals surface area (Å²) in [5.74, 6) is 1.55. The molecule has 1 aliphatic heterocycles. The zero-order chi connectivity index (χ0) is 24.3. The molecule has 5 aliphatic rings. The van der Waals surface area contributed by atoms with E-state index in [0.29, 0.717) is 42.4 Å². The van der Waals surface area contributed by atoms with Crippen LogP contribution < -0.4 is 5.48 Å². The van der Waals surface area contributed by atoms with Crippen LogP contribution in [0, 0.1) is 29.0 Å². The molecule has 4 bridgehead atoms. The molecule has 4 unspecified atom stereocenters. The van der Waals surface area contributed by atoms with Gasteiger partial charge in [-0.2, -0.15) is 5.48 Å². The molecule has 5 nitrogen and oxygen atoms in total. The van der Waals surface area contributed by atoms with Crippen molar-refractivity contribution in [3.63, 3.8) is 0 Å². The second kappa shape index (κ2) is 8.79. The number of aromatic nitrogens is 2. The molecule has 4 saturated carbocycles. The number of aliphatic hydroxyl groups excluding tert-OH is 1. The number of imidazole rings is 1. The first kappa shape index (κ1) is 22.6. The van der Waals surface area contributed by atoms with Crippen molar-refractivity contribution in [2.45, 2.75) is 63.1 Å². The molecule has 4 fully saturated rings. The lowest BCUT2D eigenvalue weighted by Crippen LogP contribution is -2.61. The van der Waals surface area contributed by atoms with Gasteiger partial charge in [0.05, 0.1) is 37.0 Å². The molecule has 0 spiro atoms. The molecule has 2 N–H and O–H groups in total. The van der Waals surface area contributed by atoms with E-state index in [1.54, 1.807) is 12.4 Å². The highest BCUT2D eigenvalue weighted by molar-refractivity contribution is 5.69. The number of hydroxylamine groups is 1. The lowest BCUT2D eigenvalue weighted by Gasteiger charge is -2.61. The second-order valence-electron chi connectivity index (χ2n) is 11.7. The minimum absolute atomic E-state index is 0.0759. The predicted molar refractivity (Wildman–Crippen MR) is 135 cm³/mol. The van der Waals surface area contributed by atoms with Gasteiger partial charge < -0.3 is 14.5 Å². The van der Waals surface area contributed by atoms with Gasteiger partial charge in [-0.15, -0.1) is 0 Å². The summed E-state index contributed by atoms with van der Waals surface area (Å²) in [5.41, 5.74) is 7.23. The molecular formula is C30H34FN3O2. The van der Waals surface area contributed by atoms with Crippen LogP contribution in [0.15, 0.2) is 61.1 Å². The van der Waals surface area contributed by atoms with Crippen LogP contribution in [-0.4, -0.2) is 33.4 Å². The summed E-state index contributed by atoms with van der Waals surface area (Å²) in [6.07, 6.45) is 10.2. The van der Waals surface area contributed by atoms with Crippen molar-refractivity contribution in [3.8, 4) is 11.3 Å². The van der Waals surface area contributed by atoms with Crippen LogP contribution in [0.2, 0.25) is 0 Å². The van der Waals surface area contributed by atoms with Crippen LogP contribution in [0.3, 0.4) is 0 Å². The van der Waals surface area contributed by atoms with Crippen molar-refractivity contribution in [2.75, 3.05) is 6.61 Å². The molecular weight excluding hydrogens is 453 g/mol. The van der Waals surface area contributed by atoms with Crippen LogP contribution >= 0.6 is 0 Å². The fraction of sp³-hybridized carbons (Fsp3) is 0.500. The Labute approximate surface area is 211 Å². The van der Waals surface area contributed by atoms with Gasteiger partial charge in [0.25, 0.3) is 0 Å². The van der Waals surface area contributed by atoms with E-state index in [-0.39, 0.29) is 17.3 Å². The number of benzene rings is 2. The van der Waals surface area contributed by atoms with Crippen molar-refractivity contribution in [2.24, 2.45) is 23.2 Å². The molecule has 3 aromatic rings. The third kappa shape index (κ3) is 3.65. The number of nitrogens with one attached hydrogen (secondary N) is 1. The number of fused-ring (bicyclic) bond motifs is 3. The molecule has 8 rings (SSSR count). The zero-order valence-electron chi connectivity index (χ0n) is 20.5. The summed E-state index contributed by atoms with van der Waals surface area (Å²) in [6.45, 7) is 0.664. The highest BCUT2D eigenvalue weighted by Gasteiger charge is 2.58. The average Bonchev–Trinajstić information content (AvgIpc) is 3.46. The lowest BCUT2D eigenvalue weighted by atomic mass is 9.46. The fourth-order valence-electron chi connectivity index (χ4n) is 8.35. The number of aliphatic hydroxyl groups is 1. The van der Waals surface area contributed by atoms with Gasteiger partial charge in [0.1, 0.15) is 5.82 Å². The van der Waals surface area contributed by atoms with Crippen LogP contribution in [0.5, 0.6) is 0 Å². The summed E-state index contributed by atoms with van der Waals surface area (Å²) in [6, 6.07) is 15.9. The molecule has 4 atom stereocenters. The Kier molecular flexibility index (Phi) is 5.53. The van der Waals surface area contributed by atoms with Crippen molar-refractivity contribution < 1.29 is 14.3 Å². The van der Waals surface area contributed by atoms with Crippen molar-refractivity contribution in [3.05, 3.63) is 78.0 Å². The first-order valence-electron chi connectivity index (χ1n) is 13.5. The Bertz CT molecular complexity index is 1230. The van der Waals surface area contributed by atoms with Gasteiger partial charge in [-0.3, -0.25) is 0 Å². The van der Waals surface area contributed by atoms with E-state index in [2.05, 4.69) is 39.3 Å². The third-order valence-electron chi connectivity index (χ3n) is 9.69. The lowest BCUT2D eigenvalue weighted by molar-refractivity contribution is -0.161. The van der Waals surface area contributed by atoms with Crippen molar-refractivity contribution >= 4 is 0 Å². The van der Waals surface area contributed by atoms with Gasteiger partial charge in [-0.25, -0.2) is 9.37 Å². The molecule has 0 radical (unpaired) electrons. The van der Waals surface area contributed by atoms with Gasteiger partial charge in [-0.1, -0.05) is 42.5 Å². The van der Waals surface area contributed by atoms with E-state index in [1.807, 2.05) is 18.3 Å². The summed E-state index contributed by atoms with van der Waals surface area (Å²) in [7, 11) is 0. The molecule has 36 heavy (non-hydrogen) atoms. The Morgan fingerprint density at radius 1 is 1.08 bits per heavy atom. The third-order valence-corrected chi connectivity index (χ3v) is 9.69. The zero-order valence-corrected chi connectivity index (χ0v) is 20.5. The molecule has 2 heterocycles. The first-order chi connectivity index (χ1) is 17.6. The number of rotatable bonds is 8. The maximum atomic E-state index is 15.0. The van der Waals surface area contributed by atoms with Crippen LogP contribution in [0.4, 0.5) is 4.39 Å². The van der Waals surface area contributed by atoms with Crippen molar-refractivity contribution in [1.82, 2.24) is 15.0 Å². The number of halogens is 1. The number of nitrogens with zero attached hydrogens (tertiary/aromatic N) is 2. The summed E-state index contributed by atoms with van der Waals surface area (Å²) < 4.78 is 17.0. The summed E-state index contributed by atoms with van der Waals surface area (Å²) in [4.78, 5) is 10.3. The van der Waals surface area contributed by atoms with Crippen LogP contribution in [-0.2, 0) is 11.3 Å². The van der Waals surface area contributed by atoms with Crippen LogP contribution in [0.25, 0.3) is 11.3 Å². The van der Waals surface area contributed by atoms with E-state index >= 15 is 0 Å². The Balaban J connectivity index is 1.04. The topological polar surface area (TPSA) is 59.3 Å². The molecule has 4 aliphatic carbocycles. The smallest absolute Gasteiger partial charge is 0.129 e. The van der Waals surface area contributed by atoms with Gasteiger partial charge in [0.2, 0.25) is 0 Å².